The van der Waals surface area contributed by atoms with Gasteiger partial charge in [0.1, 0.15) is 11.9 Å². The summed E-state index contributed by atoms with van der Waals surface area (Å²) in [6.07, 6.45) is 5.59. The average Bonchev–Trinajstić information content (AvgIpc) is 3.20. The summed E-state index contributed by atoms with van der Waals surface area (Å²) in [6, 6.07) is 3.51. The number of furan rings is 1. The van der Waals surface area contributed by atoms with Crippen LogP contribution in [0.25, 0.3) is 0 Å². The molecule has 0 aliphatic carbocycles. The molecule has 0 aromatic carbocycles. The minimum atomic E-state index is -0.694. The van der Waals surface area contributed by atoms with Crippen LogP contribution in [0.15, 0.2) is 22.8 Å². The molecular formula is C17H24N2O4. The lowest BCUT2D eigenvalue weighted by Crippen LogP contribution is -2.46. The highest BCUT2D eigenvalue weighted by Gasteiger charge is 2.32. The van der Waals surface area contributed by atoms with E-state index in [1.54, 1.807) is 17.0 Å². The third kappa shape index (κ3) is 3.75. The number of amides is 2. The molecule has 3 heterocycles. The van der Waals surface area contributed by atoms with Gasteiger partial charge in [0.15, 0.2) is 0 Å². The van der Waals surface area contributed by atoms with Gasteiger partial charge >= 0.3 is 0 Å². The quantitative estimate of drug-likeness (QED) is 0.896. The van der Waals surface area contributed by atoms with Gasteiger partial charge in [-0.25, -0.2) is 0 Å². The van der Waals surface area contributed by atoms with Crippen molar-refractivity contribution in [1.29, 1.82) is 0 Å². The predicted octanol–water partition coefficient (Wildman–Crippen LogP) is 1.71. The molecule has 2 aliphatic rings. The van der Waals surface area contributed by atoms with Gasteiger partial charge in [-0.05, 0) is 37.8 Å². The number of aliphatic hydroxyl groups is 1. The minimum absolute atomic E-state index is 0.00519. The van der Waals surface area contributed by atoms with Crippen molar-refractivity contribution in [1.82, 2.24) is 9.80 Å². The van der Waals surface area contributed by atoms with Gasteiger partial charge in [-0.1, -0.05) is 0 Å². The highest BCUT2D eigenvalue weighted by Crippen LogP contribution is 2.28. The van der Waals surface area contributed by atoms with E-state index in [9.17, 15) is 14.7 Å². The van der Waals surface area contributed by atoms with Crippen LogP contribution in [0.4, 0.5) is 0 Å². The molecule has 0 bridgehead atoms. The van der Waals surface area contributed by atoms with Gasteiger partial charge in [-0.15, -0.1) is 0 Å². The van der Waals surface area contributed by atoms with E-state index < -0.39 is 6.10 Å². The summed E-state index contributed by atoms with van der Waals surface area (Å²) < 4.78 is 5.23. The maximum Gasteiger partial charge on any atom is 0.242 e. The number of piperidine rings is 1. The van der Waals surface area contributed by atoms with Crippen molar-refractivity contribution in [2.24, 2.45) is 0 Å². The Balaban J connectivity index is 1.57. The average molecular weight is 320 g/mol. The lowest BCUT2D eigenvalue weighted by Gasteiger charge is -2.31. The summed E-state index contributed by atoms with van der Waals surface area (Å²) in [5, 5.41) is 10.2. The largest absolute Gasteiger partial charge is 0.467 e. The van der Waals surface area contributed by atoms with Crippen LogP contribution in [-0.2, 0) is 9.59 Å². The zero-order chi connectivity index (χ0) is 16.2. The first-order valence-corrected chi connectivity index (χ1v) is 8.44. The molecule has 6 heteroatoms. The fraction of sp³-hybridized carbons (Fsp3) is 0.647. The number of hydrogen-bond acceptors (Lipinski definition) is 4. The molecule has 23 heavy (non-hydrogen) atoms. The molecule has 2 saturated heterocycles. The fourth-order valence-corrected chi connectivity index (χ4v) is 3.55. The van der Waals surface area contributed by atoms with Crippen molar-refractivity contribution in [3.8, 4) is 0 Å². The highest BCUT2D eigenvalue weighted by atomic mass is 16.4. The lowest BCUT2D eigenvalue weighted by atomic mass is 10.0. The van der Waals surface area contributed by atoms with Crippen LogP contribution in [0, 0.1) is 0 Å². The van der Waals surface area contributed by atoms with Crippen molar-refractivity contribution in [2.75, 3.05) is 19.6 Å². The summed E-state index contributed by atoms with van der Waals surface area (Å²) in [5.74, 6) is 0.612. The Morgan fingerprint density at radius 2 is 2.22 bits per heavy atom. The number of carbonyl (C=O) groups excluding carboxylic acids is 2. The zero-order valence-corrected chi connectivity index (χ0v) is 13.3. The lowest BCUT2D eigenvalue weighted by molar-refractivity contribution is -0.142. The molecule has 0 spiro atoms. The number of rotatable bonds is 5. The van der Waals surface area contributed by atoms with Gasteiger partial charge in [0.05, 0.1) is 12.8 Å². The summed E-state index contributed by atoms with van der Waals surface area (Å²) in [6.45, 7) is 1.56. The second-order valence-electron chi connectivity index (χ2n) is 6.42. The molecule has 1 aromatic heterocycles. The molecule has 3 rings (SSSR count). The topological polar surface area (TPSA) is 74.0 Å². The summed E-state index contributed by atoms with van der Waals surface area (Å²) in [4.78, 5) is 27.9. The van der Waals surface area contributed by atoms with E-state index in [-0.39, 0.29) is 24.4 Å². The van der Waals surface area contributed by atoms with E-state index in [0.717, 1.165) is 25.7 Å². The number of carbonyl (C=O) groups is 2. The van der Waals surface area contributed by atoms with E-state index in [0.29, 0.717) is 31.7 Å². The molecule has 126 valence electrons. The zero-order valence-electron chi connectivity index (χ0n) is 13.3. The molecule has 1 N–H and O–H groups in total. The summed E-state index contributed by atoms with van der Waals surface area (Å²) in [5.41, 5.74) is 0. The van der Waals surface area contributed by atoms with E-state index in [2.05, 4.69) is 0 Å². The SMILES string of the molecule is O=C1CCCCN1CC(=O)N1CCCC1CC(O)c1ccco1. The third-order valence-corrected chi connectivity index (χ3v) is 4.81. The molecule has 1 aromatic rings. The third-order valence-electron chi connectivity index (χ3n) is 4.81. The second kappa shape index (κ2) is 7.17. The Kier molecular flexibility index (Phi) is 5.00. The predicted molar refractivity (Wildman–Crippen MR) is 83.5 cm³/mol. The van der Waals surface area contributed by atoms with Crippen molar-refractivity contribution in [3.05, 3.63) is 24.2 Å². The number of hydrogen-bond donors (Lipinski definition) is 1. The molecule has 0 saturated carbocycles. The molecule has 2 amide bonds. The normalized spacial score (nSPS) is 23.3. The number of aliphatic hydroxyl groups excluding tert-OH is 1. The second-order valence-corrected chi connectivity index (χ2v) is 6.42. The van der Waals surface area contributed by atoms with Gasteiger partial charge in [0.25, 0.3) is 0 Å². The molecule has 2 atom stereocenters. The van der Waals surface area contributed by atoms with Crippen LogP contribution in [0.5, 0.6) is 0 Å². The van der Waals surface area contributed by atoms with Crippen LogP contribution in [0.1, 0.15) is 50.4 Å². The first-order valence-electron chi connectivity index (χ1n) is 8.44. The fourth-order valence-electron chi connectivity index (χ4n) is 3.55. The Labute approximate surface area is 136 Å². The number of likely N-dealkylation sites (tertiary alicyclic amines) is 2. The van der Waals surface area contributed by atoms with E-state index in [1.165, 1.54) is 6.26 Å². The minimum Gasteiger partial charge on any atom is -0.467 e. The molecule has 2 aliphatic heterocycles. The van der Waals surface area contributed by atoms with Gasteiger partial charge in [0, 0.05) is 32.0 Å². The first kappa shape index (κ1) is 16.1. The number of nitrogens with zero attached hydrogens (tertiary/aromatic N) is 2. The summed E-state index contributed by atoms with van der Waals surface area (Å²) in [7, 11) is 0. The highest BCUT2D eigenvalue weighted by molar-refractivity contribution is 5.85. The van der Waals surface area contributed by atoms with Crippen molar-refractivity contribution in [3.63, 3.8) is 0 Å². The smallest absolute Gasteiger partial charge is 0.242 e. The molecular weight excluding hydrogens is 296 g/mol. The van der Waals surface area contributed by atoms with Crippen LogP contribution < -0.4 is 0 Å². The van der Waals surface area contributed by atoms with Crippen LogP contribution in [0.2, 0.25) is 0 Å². The Bertz CT molecular complexity index is 543. The standard InChI is InChI=1S/C17H24N2O4/c20-14(15-6-4-10-23-15)11-13-5-3-9-19(13)17(22)12-18-8-2-1-7-16(18)21/h4,6,10,13-14,20H,1-3,5,7-9,11-12H2. The van der Waals surface area contributed by atoms with Gasteiger partial charge < -0.3 is 19.3 Å². The van der Waals surface area contributed by atoms with Gasteiger partial charge in [-0.3, -0.25) is 9.59 Å². The van der Waals surface area contributed by atoms with Crippen molar-refractivity contribution in [2.45, 2.75) is 50.7 Å². The van der Waals surface area contributed by atoms with E-state index >= 15 is 0 Å². The Hall–Kier alpha value is -1.82. The van der Waals surface area contributed by atoms with Gasteiger partial charge in [-0.2, -0.15) is 0 Å². The van der Waals surface area contributed by atoms with E-state index in [4.69, 9.17) is 4.42 Å². The van der Waals surface area contributed by atoms with Crippen LogP contribution in [0.3, 0.4) is 0 Å². The monoisotopic (exact) mass is 320 g/mol. The van der Waals surface area contributed by atoms with E-state index in [1.807, 2.05) is 4.90 Å². The van der Waals surface area contributed by atoms with Gasteiger partial charge in [0.2, 0.25) is 11.8 Å². The van der Waals surface area contributed by atoms with Crippen molar-refractivity contribution >= 4 is 11.8 Å². The molecule has 6 nitrogen and oxygen atoms in total. The molecule has 2 fully saturated rings. The maximum absolute atomic E-state index is 12.6. The first-order chi connectivity index (χ1) is 11.1. The summed E-state index contributed by atoms with van der Waals surface area (Å²) >= 11 is 0. The van der Waals surface area contributed by atoms with Crippen molar-refractivity contribution < 1.29 is 19.1 Å². The van der Waals surface area contributed by atoms with Crippen LogP contribution >= 0.6 is 0 Å². The maximum atomic E-state index is 12.6. The molecule has 0 radical (unpaired) electrons. The Morgan fingerprint density at radius 1 is 1.35 bits per heavy atom. The Morgan fingerprint density at radius 3 is 2.96 bits per heavy atom. The van der Waals surface area contributed by atoms with Crippen LogP contribution in [-0.4, -0.2) is 52.4 Å². The molecule has 2 unspecified atom stereocenters.